The van der Waals surface area contributed by atoms with Gasteiger partial charge in [0.1, 0.15) is 0 Å². The van der Waals surface area contributed by atoms with Crippen LogP contribution in [0.4, 0.5) is 0 Å². The van der Waals surface area contributed by atoms with Crippen molar-refractivity contribution in [2.24, 2.45) is 0 Å². The summed E-state index contributed by atoms with van der Waals surface area (Å²) in [6.45, 7) is 0. The molecule has 0 atom stereocenters. The molecule has 0 aromatic rings. The molecule has 0 fully saturated rings. The molecule has 0 unspecified atom stereocenters. The van der Waals surface area contributed by atoms with Crippen LogP contribution in [-0.4, -0.2) is 23.3 Å². The summed E-state index contributed by atoms with van der Waals surface area (Å²) in [7, 11) is 0. The normalized spacial score (nSPS) is 2.12. The Kier molecular flexibility index (Phi) is 12200. The zero-order valence-electron chi connectivity index (χ0n) is 48.8. The molecule has 0 rings (SSSR count). The number of rotatable bonds is 0. The Balaban J connectivity index is -0.00000000205. The monoisotopic (exact) mass is 1710 g/mol. The largest absolute Gasteiger partial charge is 1.00 e. The zero-order valence-corrected chi connectivity index (χ0v) is 71.5. The minimum atomic E-state index is 0. The van der Waals surface area contributed by atoms with Crippen LogP contribution in [0.5, 0.6) is 0 Å². The molecular weight excluding hydrogens is 1720 g/mol. The van der Waals surface area contributed by atoms with Crippen LogP contribution in [0.2, 0.25) is 0 Å². The van der Waals surface area contributed by atoms with Crippen molar-refractivity contribution in [1.82, 2.24) is 0 Å². The molecule has 0 heterocycles. The van der Waals surface area contributed by atoms with E-state index in [-0.39, 0.29) is 472 Å². The molecule has 85 heavy (non-hydrogen) atoms. The molecule has 420 valence electrons. The van der Waals surface area contributed by atoms with E-state index < -0.39 is 0 Å². The van der Waals surface area contributed by atoms with Crippen LogP contribution in [-0.2, 0) is 0 Å². The molecular formula is H5Cl30Li25O30. The van der Waals surface area contributed by atoms with Gasteiger partial charge in [0.05, 0.1) is 59.3 Å². The van der Waals surface area contributed by atoms with Gasteiger partial charge in [-0.05, 0) is 0 Å². The van der Waals surface area contributed by atoms with Crippen LogP contribution in [0.3, 0.4) is 0 Å². The minimum Gasteiger partial charge on any atom is -0.769 e. The maximum atomic E-state index is 7.72. The van der Waals surface area contributed by atoms with Gasteiger partial charge in [0.15, 0.2) is 0 Å². The molecule has 30 nitrogen and oxygen atoms in total. The second kappa shape index (κ2) is 2350. The Morgan fingerprint density at radius 2 is 0.0706 bits per heavy atom. The fraction of sp³-hybridized carbons (Fsp3) is 0. The average Bonchev–Trinajstić information content (AvgIpc) is 3.50. The molecule has 0 saturated carbocycles. The smallest absolute Gasteiger partial charge is 0.769 e. The maximum Gasteiger partial charge on any atom is 1.00 e. The van der Waals surface area contributed by atoms with Crippen molar-refractivity contribution >= 4 is 356 Å². The van der Waals surface area contributed by atoms with E-state index in [1.165, 1.54) is 0 Å². The first-order valence-electron chi connectivity index (χ1n) is 4.70. The van der Waals surface area contributed by atoms with E-state index in [0.717, 1.165) is 0 Å². The first-order chi connectivity index (χ1) is 30.0. The van der Waals surface area contributed by atoms with Crippen LogP contribution in [0.15, 0.2) is 0 Å². The van der Waals surface area contributed by atoms with E-state index in [9.17, 15) is 0 Å². The van der Waals surface area contributed by atoms with Crippen LogP contribution < -0.4 is 588 Å². The molecule has 0 spiro atoms. The maximum absolute atomic E-state index is 7.72. The molecule has 0 bridgehead atoms. The Bertz CT molecular complexity index is 134. The molecule has 0 amide bonds. The summed E-state index contributed by atoms with van der Waals surface area (Å²) in [5, 5.41) is 0. The Morgan fingerprint density at radius 1 is 0.0706 bits per heavy atom. The van der Waals surface area contributed by atoms with Gasteiger partial charge in [-0.15, -0.1) is 0 Å². The molecule has 0 aliphatic heterocycles. The van der Waals surface area contributed by atoms with E-state index in [0.29, 0.717) is 0 Å². The number of hydrogen-bond donors (Lipinski definition) is 5. The molecule has 5 N–H and O–H groups in total. The van der Waals surface area contributed by atoms with Gasteiger partial charge in [0, 0.05) is 0 Å². The summed E-state index contributed by atoms with van der Waals surface area (Å²) in [4.78, 5) is 0. The van der Waals surface area contributed by atoms with Crippen molar-refractivity contribution in [3.63, 3.8) is 0 Å². The van der Waals surface area contributed by atoms with Gasteiger partial charge in [-0.2, -0.15) is 0 Å². The standard InChI is InChI=1S/5ClHO.25ClO.25Li/c30*1-2;;;;;;;;;;;;;;;;;;;;;;;;;/h5*2H;;;;;;;;;;;;;;;;;;;;;;;;;;;;;;;;;;;;;;;;;;;;;;;;;;/q;;;;;25*-1;25*+1. The van der Waals surface area contributed by atoms with Crippen LogP contribution >= 0.6 is 356 Å². The Hall–Kier alpha value is 22.4. The molecule has 0 saturated heterocycles. The molecule has 85 heteroatoms. The zero-order chi connectivity index (χ0) is 60.0. The average molecular weight is 1720 g/mol. The number of halogens is 30. The van der Waals surface area contributed by atoms with Crippen LogP contribution in [0, 0.1) is 0 Å². The van der Waals surface area contributed by atoms with Gasteiger partial charge < -0.3 is 116 Å². The van der Waals surface area contributed by atoms with E-state index >= 15 is 0 Å². The molecule has 0 aromatic carbocycles. The van der Waals surface area contributed by atoms with Gasteiger partial charge >= 0.3 is 472 Å². The molecule has 0 radical (unpaired) electrons. The van der Waals surface area contributed by atoms with E-state index in [1.807, 2.05) is 0 Å². The van der Waals surface area contributed by atoms with Crippen LogP contribution in [0.25, 0.3) is 0 Å². The first kappa shape index (κ1) is 443. The Labute approximate surface area is 947 Å². The van der Waals surface area contributed by atoms with Crippen molar-refractivity contribution in [3.8, 4) is 0 Å². The van der Waals surface area contributed by atoms with E-state index in [4.69, 9.17) is 140 Å². The van der Waals surface area contributed by atoms with Crippen molar-refractivity contribution in [1.29, 1.82) is 0 Å². The van der Waals surface area contributed by atoms with Crippen molar-refractivity contribution in [2.75, 3.05) is 0 Å². The second-order valence-electron chi connectivity index (χ2n) is 0. The van der Waals surface area contributed by atoms with Gasteiger partial charge in [-0.25, -0.2) is 297 Å². The third-order valence-corrected chi connectivity index (χ3v) is 0. The van der Waals surface area contributed by atoms with Crippen molar-refractivity contribution in [2.45, 2.75) is 0 Å². The Morgan fingerprint density at radius 3 is 0.0706 bits per heavy atom. The van der Waals surface area contributed by atoms with Crippen LogP contribution in [0.1, 0.15) is 0 Å². The third-order valence-electron chi connectivity index (χ3n) is 0. The fourth-order valence-corrected chi connectivity index (χ4v) is 0. The van der Waals surface area contributed by atoms with E-state index in [2.05, 4.69) is 356 Å². The minimum absolute atomic E-state index is 0. The SMILES string of the molecule is OCl.OCl.OCl.OCl.OCl.[Li+].[Li+].[Li+].[Li+].[Li+].[Li+].[Li+].[Li+].[Li+].[Li+].[Li+].[Li+].[Li+].[Li+].[Li+].[Li+].[Li+].[Li+].[Li+].[Li+].[Li+].[Li+].[Li+].[Li+].[Li+].[O-]Cl.[O-]Cl.[O-]Cl.[O-]Cl.[O-]Cl.[O-]Cl.[O-]Cl.[O-]Cl.[O-]Cl.[O-]Cl.[O-]Cl.[O-]Cl.[O-]Cl.[O-]Cl.[O-]Cl.[O-]Cl.[O-]Cl.[O-]Cl.[O-]Cl.[O-]Cl.[O-]Cl.[O-]Cl.[O-]Cl.[O-]Cl.[O-]Cl. The summed E-state index contributed by atoms with van der Waals surface area (Å²) in [6.07, 6.45) is 0. The van der Waals surface area contributed by atoms with Gasteiger partial charge in [0.2, 0.25) is 0 Å². The van der Waals surface area contributed by atoms with Gasteiger partial charge in [-0.1, -0.05) is 0 Å². The van der Waals surface area contributed by atoms with Crippen molar-refractivity contribution < 1.29 is 611 Å². The quantitative estimate of drug-likeness (QED) is 0.141. The summed E-state index contributed by atoms with van der Waals surface area (Å²) in [5.41, 5.74) is 0. The summed E-state index contributed by atoms with van der Waals surface area (Å²) in [5.74, 6) is 0. The second-order valence-corrected chi connectivity index (χ2v) is 0. The molecule has 0 aromatic heterocycles. The van der Waals surface area contributed by atoms with E-state index in [1.54, 1.807) is 0 Å². The summed E-state index contributed by atoms with van der Waals surface area (Å²) >= 11 is 103. The van der Waals surface area contributed by atoms with Gasteiger partial charge in [-0.3, -0.25) is 23.3 Å². The molecule has 0 aliphatic rings. The first-order valence-corrected chi connectivity index (χ1v) is 14.1. The topological polar surface area (TPSA) is 678 Å². The summed E-state index contributed by atoms with van der Waals surface area (Å²) in [6, 6.07) is 0. The summed E-state index contributed by atoms with van der Waals surface area (Å²) < 4.78 is 225. The fourth-order valence-electron chi connectivity index (χ4n) is 0. The predicted octanol–water partition coefficient (Wildman–Crippen LogP) is -86.7. The predicted molar refractivity (Wildman–Crippen MR) is 187 cm³/mol. The van der Waals surface area contributed by atoms with Crippen molar-refractivity contribution in [3.05, 3.63) is 0 Å². The third kappa shape index (κ3) is 2310. The van der Waals surface area contributed by atoms with Gasteiger partial charge in [0.25, 0.3) is 0 Å². The molecule has 0 aliphatic carbocycles. The number of hydrogen-bond acceptors (Lipinski definition) is 30.